The third-order valence-electron chi connectivity index (χ3n) is 3.18. The van der Waals surface area contributed by atoms with Gasteiger partial charge in [-0.15, -0.1) is 0 Å². The number of thioether (sulfide) groups is 1. The van der Waals surface area contributed by atoms with E-state index in [2.05, 4.69) is 25.1 Å². The highest BCUT2D eigenvalue weighted by Crippen LogP contribution is 2.26. The fourth-order valence-corrected chi connectivity index (χ4v) is 3.07. The molecule has 1 unspecified atom stereocenters. The van der Waals surface area contributed by atoms with Crippen LogP contribution in [0.25, 0.3) is 0 Å². The zero-order valence-electron chi connectivity index (χ0n) is 11.0. The summed E-state index contributed by atoms with van der Waals surface area (Å²) in [7, 11) is 0. The number of aliphatic hydroxyl groups is 1. The first-order chi connectivity index (χ1) is 8.79. The van der Waals surface area contributed by atoms with Crippen LogP contribution in [0.1, 0.15) is 30.9 Å². The SMILES string of the molecule is CCCSCC(O)CCc1ccc2c(c1)CCO2. The maximum Gasteiger partial charge on any atom is 0.122 e. The van der Waals surface area contributed by atoms with Crippen LogP contribution in [0, 0.1) is 0 Å². The molecule has 0 saturated heterocycles. The smallest absolute Gasteiger partial charge is 0.122 e. The Labute approximate surface area is 114 Å². The Kier molecular flexibility index (Phi) is 5.39. The number of hydrogen-bond acceptors (Lipinski definition) is 3. The van der Waals surface area contributed by atoms with Crippen molar-refractivity contribution in [3.8, 4) is 5.75 Å². The van der Waals surface area contributed by atoms with Gasteiger partial charge in [-0.1, -0.05) is 19.1 Å². The average Bonchev–Trinajstić information content (AvgIpc) is 2.84. The minimum absolute atomic E-state index is 0.175. The van der Waals surface area contributed by atoms with Crippen molar-refractivity contribution < 1.29 is 9.84 Å². The van der Waals surface area contributed by atoms with Gasteiger partial charge in [-0.2, -0.15) is 11.8 Å². The third-order valence-corrected chi connectivity index (χ3v) is 4.50. The van der Waals surface area contributed by atoms with E-state index in [1.54, 1.807) is 0 Å². The maximum absolute atomic E-state index is 9.89. The molecule has 100 valence electrons. The zero-order valence-corrected chi connectivity index (χ0v) is 11.8. The highest BCUT2D eigenvalue weighted by atomic mass is 32.2. The Balaban J connectivity index is 1.76. The molecule has 1 aromatic carbocycles. The van der Waals surface area contributed by atoms with Gasteiger partial charge < -0.3 is 9.84 Å². The lowest BCUT2D eigenvalue weighted by Crippen LogP contribution is -2.11. The first-order valence-electron chi connectivity index (χ1n) is 6.80. The second kappa shape index (κ2) is 7.05. The van der Waals surface area contributed by atoms with E-state index < -0.39 is 0 Å². The Hall–Kier alpha value is -0.670. The fourth-order valence-electron chi connectivity index (χ4n) is 2.18. The molecule has 1 heterocycles. The zero-order chi connectivity index (χ0) is 12.8. The molecule has 1 aromatic rings. The van der Waals surface area contributed by atoms with Crippen molar-refractivity contribution in [1.82, 2.24) is 0 Å². The van der Waals surface area contributed by atoms with E-state index in [0.29, 0.717) is 0 Å². The maximum atomic E-state index is 9.89. The second-order valence-electron chi connectivity index (χ2n) is 4.81. The van der Waals surface area contributed by atoms with Crippen molar-refractivity contribution in [3.63, 3.8) is 0 Å². The summed E-state index contributed by atoms with van der Waals surface area (Å²) in [5.74, 6) is 3.05. The van der Waals surface area contributed by atoms with Crippen molar-refractivity contribution in [3.05, 3.63) is 29.3 Å². The molecule has 2 nitrogen and oxygen atoms in total. The molecule has 1 atom stereocenters. The number of rotatable bonds is 7. The molecule has 0 spiro atoms. The van der Waals surface area contributed by atoms with Crippen molar-refractivity contribution in [2.45, 2.75) is 38.7 Å². The van der Waals surface area contributed by atoms with Gasteiger partial charge in [0.2, 0.25) is 0 Å². The Bertz CT molecular complexity index is 379. The molecule has 0 amide bonds. The minimum atomic E-state index is -0.175. The van der Waals surface area contributed by atoms with E-state index in [0.717, 1.165) is 43.1 Å². The van der Waals surface area contributed by atoms with Crippen LogP contribution < -0.4 is 4.74 Å². The molecule has 0 radical (unpaired) electrons. The normalized spacial score (nSPS) is 15.2. The van der Waals surface area contributed by atoms with Crippen molar-refractivity contribution >= 4 is 11.8 Å². The van der Waals surface area contributed by atoms with Gasteiger partial charge in [-0.25, -0.2) is 0 Å². The van der Waals surface area contributed by atoms with Gasteiger partial charge in [0.05, 0.1) is 12.7 Å². The monoisotopic (exact) mass is 266 g/mol. The first-order valence-corrected chi connectivity index (χ1v) is 7.95. The molecule has 0 fully saturated rings. The Morgan fingerprint density at radius 3 is 3.17 bits per heavy atom. The highest BCUT2D eigenvalue weighted by Gasteiger charge is 2.12. The molecule has 0 aliphatic carbocycles. The standard InChI is InChI=1S/C15H22O2S/c1-2-9-18-11-14(16)5-3-12-4-6-15-13(10-12)7-8-17-15/h4,6,10,14,16H,2-3,5,7-9,11H2,1H3. The molecule has 0 aromatic heterocycles. The van der Waals surface area contributed by atoms with Crippen LogP contribution in [0.2, 0.25) is 0 Å². The third kappa shape index (κ3) is 3.92. The van der Waals surface area contributed by atoms with Gasteiger partial charge in [0.1, 0.15) is 5.75 Å². The molecule has 1 aliphatic heterocycles. The van der Waals surface area contributed by atoms with Gasteiger partial charge in [-0.05, 0) is 42.2 Å². The number of fused-ring (bicyclic) bond motifs is 1. The second-order valence-corrected chi connectivity index (χ2v) is 5.96. The number of benzene rings is 1. The number of ether oxygens (including phenoxy) is 1. The van der Waals surface area contributed by atoms with Gasteiger partial charge in [-0.3, -0.25) is 0 Å². The van der Waals surface area contributed by atoms with Crippen molar-refractivity contribution in [1.29, 1.82) is 0 Å². The van der Waals surface area contributed by atoms with E-state index in [9.17, 15) is 5.11 Å². The Morgan fingerprint density at radius 2 is 2.33 bits per heavy atom. The summed E-state index contributed by atoms with van der Waals surface area (Å²) < 4.78 is 5.49. The van der Waals surface area contributed by atoms with Crippen LogP contribution in [0.3, 0.4) is 0 Å². The average molecular weight is 266 g/mol. The van der Waals surface area contributed by atoms with Crippen LogP contribution in [0.4, 0.5) is 0 Å². The predicted octanol–water partition coefficient (Wildman–Crippen LogP) is 3.06. The minimum Gasteiger partial charge on any atom is -0.493 e. The summed E-state index contributed by atoms with van der Waals surface area (Å²) in [4.78, 5) is 0. The fraction of sp³-hybridized carbons (Fsp3) is 0.600. The molecule has 2 rings (SSSR count). The molecule has 1 aliphatic rings. The van der Waals surface area contributed by atoms with Crippen molar-refractivity contribution in [2.75, 3.05) is 18.1 Å². The molecule has 18 heavy (non-hydrogen) atoms. The molecular formula is C15H22O2S. The van der Waals surface area contributed by atoms with E-state index in [1.165, 1.54) is 17.5 Å². The molecule has 1 N–H and O–H groups in total. The summed E-state index contributed by atoms with van der Waals surface area (Å²) in [5.41, 5.74) is 2.64. The quantitative estimate of drug-likeness (QED) is 0.769. The Morgan fingerprint density at radius 1 is 1.44 bits per heavy atom. The number of hydrogen-bond donors (Lipinski definition) is 1. The van der Waals surface area contributed by atoms with Crippen LogP contribution in [-0.4, -0.2) is 29.3 Å². The van der Waals surface area contributed by atoms with Crippen LogP contribution >= 0.6 is 11.8 Å². The predicted molar refractivity (Wildman–Crippen MR) is 77.6 cm³/mol. The summed E-state index contributed by atoms with van der Waals surface area (Å²) in [6.45, 7) is 2.99. The molecule has 3 heteroatoms. The first kappa shape index (κ1) is 13.8. The topological polar surface area (TPSA) is 29.5 Å². The highest BCUT2D eigenvalue weighted by molar-refractivity contribution is 7.99. The van der Waals surface area contributed by atoms with Crippen LogP contribution in [-0.2, 0) is 12.8 Å². The van der Waals surface area contributed by atoms with Crippen molar-refractivity contribution in [2.24, 2.45) is 0 Å². The number of aryl methyl sites for hydroxylation is 1. The number of aliphatic hydroxyl groups excluding tert-OH is 1. The molecule has 0 bridgehead atoms. The summed E-state index contributed by atoms with van der Waals surface area (Å²) in [6, 6.07) is 6.42. The van der Waals surface area contributed by atoms with Gasteiger partial charge in [0, 0.05) is 12.2 Å². The summed E-state index contributed by atoms with van der Waals surface area (Å²) >= 11 is 1.85. The molecule has 0 saturated carbocycles. The van der Waals surface area contributed by atoms with Crippen LogP contribution in [0.5, 0.6) is 5.75 Å². The van der Waals surface area contributed by atoms with E-state index in [-0.39, 0.29) is 6.10 Å². The lowest BCUT2D eigenvalue weighted by Gasteiger charge is -2.10. The molecular weight excluding hydrogens is 244 g/mol. The lowest BCUT2D eigenvalue weighted by molar-refractivity contribution is 0.189. The summed E-state index contributed by atoms with van der Waals surface area (Å²) in [5, 5.41) is 9.89. The van der Waals surface area contributed by atoms with Crippen LogP contribution in [0.15, 0.2) is 18.2 Å². The van der Waals surface area contributed by atoms with E-state index >= 15 is 0 Å². The van der Waals surface area contributed by atoms with E-state index in [4.69, 9.17) is 4.74 Å². The lowest BCUT2D eigenvalue weighted by atomic mass is 10.0. The van der Waals surface area contributed by atoms with Gasteiger partial charge >= 0.3 is 0 Å². The van der Waals surface area contributed by atoms with Gasteiger partial charge in [0.15, 0.2) is 0 Å². The largest absolute Gasteiger partial charge is 0.493 e. The van der Waals surface area contributed by atoms with E-state index in [1.807, 2.05) is 11.8 Å². The summed E-state index contributed by atoms with van der Waals surface area (Å²) in [6.07, 6.45) is 3.85. The van der Waals surface area contributed by atoms with Gasteiger partial charge in [0.25, 0.3) is 0 Å².